The second kappa shape index (κ2) is 16.9. The maximum atomic E-state index is 13.6. The lowest BCUT2D eigenvalue weighted by molar-refractivity contribution is -0.132. The minimum Gasteiger partial charge on any atom is -0.382 e. The van der Waals surface area contributed by atoms with Gasteiger partial charge in [-0.25, -0.2) is 8.42 Å². The molecular formula is C28H44N2O4S2. The molecule has 0 fully saturated rings. The van der Waals surface area contributed by atoms with Crippen molar-refractivity contribution in [3.63, 3.8) is 0 Å². The molecule has 0 unspecified atom stereocenters. The summed E-state index contributed by atoms with van der Waals surface area (Å²) in [5, 5.41) is 2.03. The van der Waals surface area contributed by atoms with Crippen molar-refractivity contribution in [2.75, 3.05) is 32.1 Å². The Kier molecular flexibility index (Phi) is 14.3. The van der Waals surface area contributed by atoms with Crippen LogP contribution in [0.2, 0.25) is 0 Å². The van der Waals surface area contributed by atoms with Crippen LogP contribution in [0.3, 0.4) is 0 Å². The van der Waals surface area contributed by atoms with E-state index in [1.807, 2.05) is 49.6 Å². The van der Waals surface area contributed by atoms with Crippen LogP contribution in [-0.2, 0) is 32.6 Å². The molecule has 0 bridgehead atoms. The number of unbranched alkanes of at least 4 members (excludes halogenated alkanes) is 5. The molecule has 0 aliphatic carbocycles. The van der Waals surface area contributed by atoms with E-state index in [2.05, 4.69) is 13.0 Å². The van der Waals surface area contributed by atoms with Gasteiger partial charge in [-0.05, 0) is 49.3 Å². The fraction of sp³-hybridized carbons (Fsp3) is 0.607. The van der Waals surface area contributed by atoms with Crippen LogP contribution in [0.25, 0.3) is 0 Å². The number of thiophene rings is 1. The topological polar surface area (TPSA) is 66.9 Å². The Labute approximate surface area is 222 Å². The zero-order chi connectivity index (χ0) is 26.2. The van der Waals surface area contributed by atoms with E-state index in [9.17, 15) is 13.2 Å². The minimum absolute atomic E-state index is 0.0871. The SMILES string of the molecule is CCCCCCCCS(=O)(=O)N(CCCOCC)CC(=O)N(Cc1ccccc1)Cc1sccc1C. The van der Waals surface area contributed by atoms with Crippen LogP contribution in [0.15, 0.2) is 41.8 Å². The van der Waals surface area contributed by atoms with E-state index in [0.29, 0.717) is 45.7 Å². The molecule has 0 N–H and O–H groups in total. The molecule has 1 aromatic carbocycles. The quantitative estimate of drug-likeness (QED) is 0.206. The van der Waals surface area contributed by atoms with Crippen molar-refractivity contribution in [2.45, 2.75) is 78.8 Å². The molecule has 1 heterocycles. The molecule has 202 valence electrons. The molecule has 0 radical (unpaired) electrons. The molecule has 8 heteroatoms. The fourth-order valence-electron chi connectivity index (χ4n) is 4.02. The molecule has 2 aromatic rings. The van der Waals surface area contributed by atoms with Crippen molar-refractivity contribution < 1.29 is 17.9 Å². The number of nitrogens with zero attached hydrogens (tertiary/aromatic N) is 2. The first-order valence-electron chi connectivity index (χ1n) is 13.3. The molecule has 0 atom stereocenters. The van der Waals surface area contributed by atoms with Gasteiger partial charge in [-0.1, -0.05) is 69.4 Å². The summed E-state index contributed by atoms with van der Waals surface area (Å²) in [6, 6.07) is 11.9. The third-order valence-electron chi connectivity index (χ3n) is 6.23. The summed E-state index contributed by atoms with van der Waals surface area (Å²) in [4.78, 5) is 16.5. The molecule has 2 rings (SSSR count). The van der Waals surface area contributed by atoms with Crippen molar-refractivity contribution in [2.24, 2.45) is 0 Å². The number of aryl methyl sites for hydroxylation is 1. The molecule has 0 aliphatic rings. The summed E-state index contributed by atoms with van der Waals surface area (Å²) < 4.78 is 33.4. The third-order valence-corrected chi connectivity index (χ3v) is 9.14. The van der Waals surface area contributed by atoms with Crippen LogP contribution >= 0.6 is 11.3 Å². The molecule has 36 heavy (non-hydrogen) atoms. The Morgan fingerprint density at radius 3 is 2.33 bits per heavy atom. The van der Waals surface area contributed by atoms with Gasteiger partial charge in [0.25, 0.3) is 0 Å². The number of rotatable bonds is 19. The lowest BCUT2D eigenvalue weighted by Gasteiger charge is -2.27. The standard InChI is InChI=1S/C28H44N2O4S2/c1-4-6-7-8-9-13-21-36(32,33)30(18-14-19-34-5-2)24-28(31)29(22-26-15-11-10-12-16-26)23-27-25(3)17-20-35-27/h10-12,15-17,20H,4-9,13-14,18-19,21-24H2,1-3H3. The predicted molar refractivity (Wildman–Crippen MR) is 150 cm³/mol. The maximum absolute atomic E-state index is 13.6. The Bertz CT molecular complexity index is 976. The van der Waals surface area contributed by atoms with Gasteiger partial charge in [0, 0.05) is 31.2 Å². The van der Waals surface area contributed by atoms with E-state index >= 15 is 0 Å². The molecule has 0 saturated carbocycles. The van der Waals surface area contributed by atoms with E-state index in [0.717, 1.165) is 35.3 Å². The number of carbonyl (C=O) groups is 1. The van der Waals surface area contributed by atoms with Crippen LogP contribution in [-0.4, -0.2) is 55.6 Å². The molecule has 1 aromatic heterocycles. The van der Waals surface area contributed by atoms with E-state index in [4.69, 9.17) is 4.74 Å². The number of hydrogen-bond acceptors (Lipinski definition) is 5. The predicted octanol–water partition coefficient (Wildman–Crippen LogP) is 6.00. The highest BCUT2D eigenvalue weighted by Gasteiger charge is 2.27. The number of carbonyl (C=O) groups excluding carboxylic acids is 1. The lowest BCUT2D eigenvalue weighted by atomic mass is 10.1. The van der Waals surface area contributed by atoms with Crippen LogP contribution in [0.5, 0.6) is 0 Å². The van der Waals surface area contributed by atoms with E-state index in [1.54, 1.807) is 16.2 Å². The van der Waals surface area contributed by atoms with Gasteiger partial charge in [-0.2, -0.15) is 4.31 Å². The molecule has 6 nitrogen and oxygen atoms in total. The van der Waals surface area contributed by atoms with Gasteiger partial charge < -0.3 is 9.64 Å². The van der Waals surface area contributed by atoms with E-state index in [-0.39, 0.29) is 18.2 Å². The second-order valence-electron chi connectivity index (χ2n) is 9.23. The van der Waals surface area contributed by atoms with Crippen molar-refractivity contribution in [1.82, 2.24) is 9.21 Å². The first-order valence-corrected chi connectivity index (χ1v) is 15.8. The van der Waals surface area contributed by atoms with Crippen LogP contribution in [0, 0.1) is 6.92 Å². The minimum atomic E-state index is -3.54. The monoisotopic (exact) mass is 536 g/mol. The third kappa shape index (κ3) is 11.1. The van der Waals surface area contributed by atoms with Gasteiger partial charge >= 0.3 is 0 Å². The van der Waals surface area contributed by atoms with E-state index in [1.165, 1.54) is 17.1 Å². The smallest absolute Gasteiger partial charge is 0.238 e. The summed E-state index contributed by atoms with van der Waals surface area (Å²) in [7, 11) is -3.54. The van der Waals surface area contributed by atoms with Crippen molar-refractivity contribution >= 4 is 27.3 Å². The van der Waals surface area contributed by atoms with Crippen LogP contribution < -0.4 is 0 Å². The number of sulfonamides is 1. The average Bonchev–Trinajstić information content (AvgIpc) is 3.27. The summed E-state index contributed by atoms with van der Waals surface area (Å²) in [6.45, 7) is 8.28. The van der Waals surface area contributed by atoms with Crippen molar-refractivity contribution in [3.8, 4) is 0 Å². The normalized spacial score (nSPS) is 11.8. The number of benzene rings is 1. The highest BCUT2D eigenvalue weighted by atomic mass is 32.2. The van der Waals surface area contributed by atoms with Crippen molar-refractivity contribution in [3.05, 3.63) is 57.8 Å². The average molecular weight is 537 g/mol. The zero-order valence-corrected chi connectivity index (χ0v) is 23.9. The number of ether oxygens (including phenoxy) is 1. The summed E-state index contributed by atoms with van der Waals surface area (Å²) in [6.07, 6.45) is 6.65. The lowest BCUT2D eigenvalue weighted by Crippen LogP contribution is -2.43. The Morgan fingerprint density at radius 2 is 1.67 bits per heavy atom. The fourth-order valence-corrected chi connectivity index (χ4v) is 6.49. The number of hydrogen-bond donors (Lipinski definition) is 0. The van der Waals surface area contributed by atoms with Gasteiger partial charge in [0.05, 0.1) is 18.8 Å². The summed E-state index contributed by atoms with van der Waals surface area (Å²) in [5.41, 5.74) is 2.17. The number of amides is 1. The summed E-state index contributed by atoms with van der Waals surface area (Å²) in [5.74, 6) is -0.0846. The molecule has 0 saturated heterocycles. The first kappa shape index (κ1) is 30.5. The van der Waals surface area contributed by atoms with Gasteiger partial charge in [0.1, 0.15) is 0 Å². The largest absolute Gasteiger partial charge is 0.382 e. The molecule has 0 aliphatic heterocycles. The van der Waals surface area contributed by atoms with Crippen LogP contribution in [0.4, 0.5) is 0 Å². The Balaban J connectivity index is 2.12. The molecule has 1 amide bonds. The highest BCUT2D eigenvalue weighted by Crippen LogP contribution is 2.20. The van der Waals surface area contributed by atoms with Gasteiger partial charge in [0.15, 0.2) is 0 Å². The second-order valence-corrected chi connectivity index (χ2v) is 12.3. The first-order chi connectivity index (χ1) is 17.4. The van der Waals surface area contributed by atoms with E-state index < -0.39 is 10.0 Å². The van der Waals surface area contributed by atoms with Gasteiger partial charge in [0.2, 0.25) is 15.9 Å². The highest BCUT2D eigenvalue weighted by molar-refractivity contribution is 7.89. The molecular weight excluding hydrogens is 492 g/mol. The zero-order valence-electron chi connectivity index (χ0n) is 22.3. The van der Waals surface area contributed by atoms with Crippen molar-refractivity contribution in [1.29, 1.82) is 0 Å². The molecule has 0 spiro atoms. The maximum Gasteiger partial charge on any atom is 0.238 e. The Morgan fingerprint density at radius 1 is 0.944 bits per heavy atom. The summed E-state index contributed by atoms with van der Waals surface area (Å²) >= 11 is 1.63. The Hall–Kier alpha value is -1.74. The van der Waals surface area contributed by atoms with Gasteiger partial charge in [-0.15, -0.1) is 11.3 Å². The van der Waals surface area contributed by atoms with Gasteiger partial charge in [-0.3, -0.25) is 4.79 Å². The van der Waals surface area contributed by atoms with Crippen LogP contribution in [0.1, 0.15) is 74.8 Å².